The number of nitrogens with zero attached hydrogens (tertiary/aromatic N) is 1. The van der Waals surface area contributed by atoms with Crippen LogP contribution in [0.5, 0.6) is 0 Å². The number of unbranched alkanes of at least 4 members (excludes halogenated alkanes) is 1. The molecule has 0 bridgehead atoms. The predicted octanol–water partition coefficient (Wildman–Crippen LogP) is 2.13. The predicted molar refractivity (Wildman–Crippen MR) is 57.9 cm³/mol. The number of hydrogen-bond acceptors (Lipinski definition) is 2. The van der Waals surface area contributed by atoms with Gasteiger partial charge in [0.15, 0.2) is 0 Å². The summed E-state index contributed by atoms with van der Waals surface area (Å²) in [5.74, 6) is 0.743. The van der Waals surface area contributed by atoms with Crippen LogP contribution in [-0.2, 0) is 0 Å². The van der Waals surface area contributed by atoms with Crippen molar-refractivity contribution in [3.63, 3.8) is 0 Å². The zero-order valence-corrected chi connectivity index (χ0v) is 9.42. The number of hydrogen-bond donors (Lipinski definition) is 1. The van der Waals surface area contributed by atoms with E-state index in [1.54, 1.807) is 0 Å². The van der Waals surface area contributed by atoms with E-state index in [-0.39, 0.29) is 0 Å². The molecule has 0 fully saturated rings. The molecule has 0 spiro atoms. The zero-order chi connectivity index (χ0) is 10.1. The van der Waals surface area contributed by atoms with Gasteiger partial charge in [0.1, 0.15) is 0 Å². The van der Waals surface area contributed by atoms with Crippen LogP contribution in [0.25, 0.3) is 0 Å². The third-order valence-corrected chi connectivity index (χ3v) is 2.58. The van der Waals surface area contributed by atoms with Gasteiger partial charge < -0.3 is 10.0 Å². The minimum absolute atomic E-state index is 0.353. The van der Waals surface area contributed by atoms with Crippen molar-refractivity contribution in [1.82, 2.24) is 4.90 Å². The molecule has 0 aromatic carbocycles. The third-order valence-electron chi connectivity index (χ3n) is 2.58. The van der Waals surface area contributed by atoms with Crippen molar-refractivity contribution in [1.29, 1.82) is 0 Å². The molecule has 0 saturated carbocycles. The lowest BCUT2D eigenvalue weighted by atomic mass is 9.96. The van der Waals surface area contributed by atoms with Crippen molar-refractivity contribution >= 4 is 0 Å². The molecule has 2 nitrogen and oxygen atoms in total. The minimum atomic E-state index is 0.353. The van der Waals surface area contributed by atoms with Gasteiger partial charge >= 0.3 is 0 Å². The van der Waals surface area contributed by atoms with E-state index in [0.29, 0.717) is 6.61 Å². The van der Waals surface area contributed by atoms with E-state index in [0.717, 1.165) is 12.3 Å². The smallest absolute Gasteiger partial charge is 0.0433 e. The Hall–Kier alpha value is -0.0800. The molecule has 13 heavy (non-hydrogen) atoms. The van der Waals surface area contributed by atoms with Gasteiger partial charge in [0.25, 0.3) is 0 Å². The standard InChI is InChI=1S/C11H25NO/c1-4-11(8-10-13)7-5-6-9-12(2)3/h11,13H,4-10H2,1-3H3. The highest BCUT2D eigenvalue weighted by molar-refractivity contribution is 4.57. The second-order valence-electron chi connectivity index (χ2n) is 4.09. The lowest BCUT2D eigenvalue weighted by molar-refractivity contribution is 0.245. The quantitative estimate of drug-likeness (QED) is 0.588. The lowest BCUT2D eigenvalue weighted by Crippen LogP contribution is -2.13. The topological polar surface area (TPSA) is 23.5 Å². The van der Waals surface area contributed by atoms with E-state index in [4.69, 9.17) is 5.11 Å². The van der Waals surface area contributed by atoms with Crippen molar-refractivity contribution in [3.8, 4) is 0 Å². The molecule has 0 aromatic heterocycles. The maximum absolute atomic E-state index is 8.80. The first-order chi connectivity index (χ1) is 6.20. The van der Waals surface area contributed by atoms with E-state index >= 15 is 0 Å². The molecule has 0 amide bonds. The van der Waals surface area contributed by atoms with Gasteiger partial charge in [-0.1, -0.05) is 26.2 Å². The van der Waals surface area contributed by atoms with Crippen molar-refractivity contribution in [2.24, 2.45) is 5.92 Å². The lowest BCUT2D eigenvalue weighted by Gasteiger charge is -2.14. The number of aliphatic hydroxyl groups excluding tert-OH is 1. The summed E-state index contributed by atoms with van der Waals surface area (Å²) in [6, 6.07) is 0. The van der Waals surface area contributed by atoms with Crippen LogP contribution in [0.2, 0.25) is 0 Å². The third kappa shape index (κ3) is 8.26. The Morgan fingerprint density at radius 3 is 2.31 bits per heavy atom. The van der Waals surface area contributed by atoms with Crippen LogP contribution in [0.1, 0.15) is 39.0 Å². The highest BCUT2D eigenvalue weighted by Gasteiger charge is 2.04. The first-order valence-electron chi connectivity index (χ1n) is 5.46. The summed E-state index contributed by atoms with van der Waals surface area (Å²) in [6.45, 7) is 3.76. The van der Waals surface area contributed by atoms with Crippen LogP contribution >= 0.6 is 0 Å². The summed E-state index contributed by atoms with van der Waals surface area (Å²) >= 11 is 0. The molecule has 2 heteroatoms. The maximum atomic E-state index is 8.80. The summed E-state index contributed by atoms with van der Waals surface area (Å²) in [7, 11) is 4.23. The molecule has 1 N–H and O–H groups in total. The van der Waals surface area contributed by atoms with E-state index in [2.05, 4.69) is 25.9 Å². The van der Waals surface area contributed by atoms with E-state index in [1.165, 1.54) is 32.2 Å². The van der Waals surface area contributed by atoms with Gasteiger partial charge in [-0.05, 0) is 39.4 Å². The summed E-state index contributed by atoms with van der Waals surface area (Å²) < 4.78 is 0. The molecule has 0 heterocycles. The monoisotopic (exact) mass is 187 g/mol. The van der Waals surface area contributed by atoms with Gasteiger partial charge in [-0.25, -0.2) is 0 Å². The van der Waals surface area contributed by atoms with E-state index in [9.17, 15) is 0 Å². The van der Waals surface area contributed by atoms with Crippen LogP contribution in [0.4, 0.5) is 0 Å². The van der Waals surface area contributed by atoms with Crippen LogP contribution in [0, 0.1) is 5.92 Å². The van der Waals surface area contributed by atoms with Gasteiger partial charge in [-0.15, -0.1) is 0 Å². The normalized spacial score (nSPS) is 13.6. The molecule has 80 valence electrons. The Balaban J connectivity index is 3.27. The highest BCUT2D eigenvalue weighted by Crippen LogP contribution is 2.15. The largest absolute Gasteiger partial charge is 0.396 e. The maximum Gasteiger partial charge on any atom is 0.0433 e. The van der Waals surface area contributed by atoms with E-state index in [1.807, 2.05) is 0 Å². The molecule has 0 aliphatic rings. The Bertz CT molecular complexity index is 104. The fourth-order valence-electron chi connectivity index (χ4n) is 1.60. The first-order valence-corrected chi connectivity index (χ1v) is 5.46. The fourth-order valence-corrected chi connectivity index (χ4v) is 1.60. The number of rotatable bonds is 8. The summed E-state index contributed by atoms with van der Waals surface area (Å²) in [5, 5.41) is 8.80. The van der Waals surface area contributed by atoms with Crippen molar-refractivity contribution in [2.75, 3.05) is 27.2 Å². The Morgan fingerprint density at radius 2 is 1.85 bits per heavy atom. The second-order valence-corrected chi connectivity index (χ2v) is 4.09. The van der Waals surface area contributed by atoms with Crippen molar-refractivity contribution in [2.45, 2.75) is 39.0 Å². The summed E-state index contributed by atoms with van der Waals surface area (Å²) in [5.41, 5.74) is 0. The highest BCUT2D eigenvalue weighted by atomic mass is 16.3. The van der Waals surface area contributed by atoms with E-state index < -0.39 is 0 Å². The first kappa shape index (κ1) is 12.9. The van der Waals surface area contributed by atoms with Gasteiger partial charge in [0.05, 0.1) is 0 Å². The Labute approximate surface area is 82.9 Å². The second kappa shape index (κ2) is 8.52. The van der Waals surface area contributed by atoms with Crippen LogP contribution in [-0.4, -0.2) is 37.3 Å². The molecule has 1 atom stereocenters. The van der Waals surface area contributed by atoms with Gasteiger partial charge in [-0.3, -0.25) is 0 Å². The number of aliphatic hydroxyl groups is 1. The molecule has 0 rings (SSSR count). The summed E-state index contributed by atoms with van der Waals surface area (Å²) in [4.78, 5) is 2.23. The fraction of sp³-hybridized carbons (Fsp3) is 1.00. The molecule has 0 aromatic rings. The zero-order valence-electron chi connectivity index (χ0n) is 9.42. The van der Waals surface area contributed by atoms with Gasteiger partial charge in [0.2, 0.25) is 0 Å². The molecule has 0 aliphatic heterocycles. The molecule has 1 unspecified atom stereocenters. The molecule has 0 aliphatic carbocycles. The Kier molecular flexibility index (Phi) is 8.46. The molecular weight excluding hydrogens is 162 g/mol. The average Bonchev–Trinajstić information content (AvgIpc) is 2.10. The van der Waals surface area contributed by atoms with Crippen LogP contribution in [0.3, 0.4) is 0 Å². The summed E-state index contributed by atoms with van der Waals surface area (Å²) in [6.07, 6.45) is 6.07. The van der Waals surface area contributed by atoms with Crippen LogP contribution < -0.4 is 0 Å². The van der Waals surface area contributed by atoms with Crippen molar-refractivity contribution < 1.29 is 5.11 Å². The molecule has 0 radical (unpaired) electrons. The van der Waals surface area contributed by atoms with Gasteiger partial charge in [0, 0.05) is 6.61 Å². The van der Waals surface area contributed by atoms with Crippen LogP contribution in [0.15, 0.2) is 0 Å². The SMILES string of the molecule is CCC(CCO)CCCCN(C)C. The van der Waals surface area contributed by atoms with Crippen molar-refractivity contribution in [3.05, 3.63) is 0 Å². The minimum Gasteiger partial charge on any atom is -0.396 e. The van der Waals surface area contributed by atoms with Gasteiger partial charge in [-0.2, -0.15) is 0 Å². The molecule has 0 saturated heterocycles. The average molecular weight is 187 g/mol. The Morgan fingerprint density at radius 1 is 1.15 bits per heavy atom. The molecular formula is C11H25NO.